The minimum absolute atomic E-state index is 0. The lowest BCUT2D eigenvalue weighted by Gasteiger charge is -2.19. The van der Waals surface area contributed by atoms with E-state index in [9.17, 15) is 4.79 Å². The van der Waals surface area contributed by atoms with Gasteiger partial charge >= 0.3 is 0 Å². The number of hydrogen-bond donors (Lipinski definition) is 2. The monoisotopic (exact) mass is 485 g/mol. The second-order valence-corrected chi connectivity index (χ2v) is 7.14. The average molecular weight is 485 g/mol. The first kappa shape index (κ1) is 21.9. The number of carbonyl (C=O) groups excluding carboxylic acids is 1. The van der Waals surface area contributed by atoms with Crippen molar-refractivity contribution in [3.05, 3.63) is 30.3 Å². The lowest BCUT2D eigenvalue weighted by molar-refractivity contribution is -0.117. The van der Waals surface area contributed by atoms with Gasteiger partial charge in [0.1, 0.15) is 0 Å². The molecule has 1 aromatic rings. The molecule has 7 heteroatoms. The summed E-state index contributed by atoms with van der Waals surface area (Å²) in [5.74, 6) is 0.952. The van der Waals surface area contributed by atoms with Crippen LogP contribution in [0, 0.1) is 0 Å². The summed E-state index contributed by atoms with van der Waals surface area (Å²) in [5.41, 5.74) is 0.964. The number of unbranched alkanes of at least 4 members (excludes halogenated alkanes) is 1. The third-order valence-corrected chi connectivity index (χ3v) is 5.15. The van der Waals surface area contributed by atoms with E-state index in [1.54, 1.807) is 7.05 Å². The fourth-order valence-corrected chi connectivity index (χ4v) is 3.72. The Morgan fingerprint density at radius 1 is 1.19 bits per heavy atom. The number of anilines is 1. The standard InChI is InChI=1S/C20H31N5O.HI/c1-21-20(22-11-5-6-12-24-13-7-8-14-24)23-17-15-19(26)25(16-17)18-9-3-2-4-10-18;/h2-4,9-10,17H,5-8,11-16H2,1H3,(H2,21,22,23);1H. The molecule has 2 N–H and O–H groups in total. The van der Waals surface area contributed by atoms with Crippen LogP contribution in [-0.4, -0.2) is 62.6 Å². The first-order valence-electron chi connectivity index (χ1n) is 9.81. The van der Waals surface area contributed by atoms with E-state index < -0.39 is 0 Å². The molecule has 0 saturated carbocycles. The molecule has 2 aliphatic heterocycles. The molecule has 1 aromatic carbocycles. The van der Waals surface area contributed by atoms with Crippen molar-refractivity contribution >= 4 is 41.5 Å². The van der Waals surface area contributed by atoms with Gasteiger partial charge in [-0.05, 0) is 57.5 Å². The van der Waals surface area contributed by atoms with Gasteiger partial charge in [-0.3, -0.25) is 9.79 Å². The summed E-state index contributed by atoms with van der Waals surface area (Å²) in [5, 5.41) is 6.78. The minimum atomic E-state index is 0. The SMILES string of the molecule is CN=C(NCCCCN1CCCC1)NC1CC(=O)N(c2ccccc2)C1.I. The fourth-order valence-electron chi connectivity index (χ4n) is 3.72. The van der Waals surface area contributed by atoms with Crippen molar-refractivity contribution < 1.29 is 4.79 Å². The number of guanidine groups is 1. The Morgan fingerprint density at radius 3 is 2.63 bits per heavy atom. The van der Waals surface area contributed by atoms with E-state index in [1.165, 1.54) is 38.9 Å². The Labute approximate surface area is 179 Å². The molecule has 0 radical (unpaired) electrons. The fraction of sp³-hybridized carbons (Fsp3) is 0.600. The van der Waals surface area contributed by atoms with E-state index in [1.807, 2.05) is 35.2 Å². The minimum Gasteiger partial charge on any atom is -0.356 e. The van der Waals surface area contributed by atoms with Gasteiger partial charge in [-0.15, -0.1) is 24.0 Å². The van der Waals surface area contributed by atoms with Crippen LogP contribution in [0.25, 0.3) is 0 Å². The van der Waals surface area contributed by atoms with Crippen LogP contribution in [0.4, 0.5) is 5.69 Å². The second-order valence-electron chi connectivity index (χ2n) is 7.14. The molecule has 1 atom stereocenters. The van der Waals surface area contributed by atoms with Gasteiger partial charge in [0.15, 0.2) is 5.96 Å². The quantitative estimate of drug-likeness (QED) is 0.270. The number of halogens is 1. The average Bonchev–Trinajstić information content (AvgIpc) is 3.30. The molecule has 3 rings (SSSR count). The van der Waals surface area contributed by atoms with Gasteiger partial charge < -0.3 is 20.4 Å². The van der Waals surface area contributed by atoms with E-state index in [2.05, 4.69) is 20.5 Å². The molecular formula is C20H32IN5O. The van der Waals surface area contributed by atoms with E-state index in [-0.39, 0.29) is 35.9 Å². The molecule has 2 aliphatic rings. The van der Waals surface area contributed by atoms with Crippen LogP contribution in [0.2, 0.25) is 0 Å². The third-order valence-electron chi connectivity index (χ3n) is 5.15. The zero-order valence-electron chi connectivity index (χ0n) is 16.2. The predicted octanol–water partition coefficient (Wildman–Crippen LogP) is 2.45. The van der Waals surface area contributed by atoms with Crippen LogP contribution in [0.15, 0.2) is 35.3 Å². The summed E-state index contributed by atoms with van der Waals surface area (Å²) in [6, 6.07) is 9.95. The number of rotatable bonds is 7. The number of aliphatic imine (C=N–C) groups is 1. The molecule has 0 bridgehead atoms. The number of likely N-dealkylation sites (tertiary alicyclic amines) is 1. The van der Waals surface area contributed by atoms with Crippen LogP contribution in [-0.2, 0) is 4.79 Å². The van der Waals surface area contributed by atoms with Gasteiger partial charge in [-0.2, -0.15) is 0 Å². The van der Waals surface area contributed by atoms with Gasteiger partial charge in [0.05, 0.1) is 6.04 Å². The summed E-state index contributed by atoms with van der Waals surface area (Å²) in [4.78, 5) is 21.0. The van der Waals surface area contributed by atoms with Crippen LogP contribution in [0.1, 0.15) is 32.1 Å². The molecule has 27 heavy (non-hydrogen) atoms. The predicted molar refractivity (Wildman–Crippen MR) is 122 cm³/mol. The molecule has 1 unspecified atom stereocenters. The number of para-hydroxylation sites is 1. The molecule has 6 nitrogen and oxygen atoms in total. The van der Waals surface area contributed by atoms with E-state index in [0.29, 0.717) is 13.0 Å². The first-order valence-corrected chi connectivity index (χ1v) is 9.81. The van der Waals surface area contributed by atoms with Crippen molar-refractivity contribution in [2.45, 2.75) is 38.1 Å². The molecule has 2 heterocycles. The smallest absolute Gasteiger partial charge is 0.229 e. The van der Waals surface area contributed by atoms with E-state index >= 15 is 0 Å². The van der Waals surface area contributed by atoms with E-state index in [0.717, 1.165) is 24.6 Å². The molecule has 150 valence electrons. The van der Waals surface area contributed by atoms with E-state index in [4.69, 9.17) is 0 Å². The number of nitrogens with one attached hydrogen (secondary N) is 2. The molecule has 2 saturated heterocycles. The Balaban J connectivity index is 0.00000261. The molecule has 0 aromatic heterocycles. The zero-order chi connectivity index (χ0) is 18.2. The molecule has 0 aliphatic carbocycles. The Bertz CT molecular complexity index is 604. The molecule has 2 fully saturated rings. The third kappa shape index (κ3) is 6.64. The Kier molecular flexibility index (Phi) is 9.33. The van der Waals surface area contributed by atoms with Crippen LogP contribution in [0.3, 0.4) is 0 Å². The number of nitrogens with zero attached hydrogens (tertiary/aromatic N) is 3. The lowest BCUT2D eigenvalue weighted by Crippen LogP contribution is -2.44. The summed E-state index contributed by atoms with van der Waals surface area (Å²) in [6.45, 7) is 5.33. The second kappa shape index (κ2) is 11.5. The lowest BCUT2D eigenvalue weighted by atomic mass is 10.2. The van der Waals surface area contributed by atoms with Crippen molar-refractivity contribution in [3.8, 4) is 0 Å². The maximum Gasteiger partial charge on any atom is 0.229 e. The Morgan fingerprint density at radius 2 is 1.93 bits per heavy atom. The highest BCUT2D eigenvalue weighted by Crippen LogP contribution is 2.20. The number of hydrogen-bond acceptors (Lipinski definition) is 3. The van der Waals surface area contributed by atoms with Crippen molar-refractivity contribution in [1.29, 1.82) is 0 Å². The number of carbonyl (C=O) groups is 1. The summed E-state index contributed by atoms with van der Waals surface area (Å²) in [6.07, 6.45) is 5.57. The highest BCUT2D eigenvalue weighted by molar-refractivity contribution is 14.0. The maximum atomic E-state index is 12.3. The summed E-state index contributed by atoms with van der Waals surface area (Å²) < 4.78 is 0. The molecule has 0 spiro atoms. The van der Waals surface area contributed by atoms with Crippen LogP contribution >= 0.6 is 24.0 Å². The summed E-state index contributed by atoms with van der Waals surface area (Å²) in [7, 11) is 1.78. The topological polar surface area (TPSA) is 60.0 Å². The Hall–Kier alpha value is -1.35. The molecular weight excluding hydrogens is 453 g/mol. The maximum absolute atomic E-state index is 12.3. The normalized spacial score (nSPS) is 20.6. The number of benzene rings is 1. The van der Waals surface area contributed by atoms with Gasteiger partial charge in [0.2, 0.25) is 5.91 Å². The van der Waals surface area contributed by atoms with Crippen LogP contribution < -0.4 is 15.5 Å². The number of amides is 1. The van der Waals surface area contributed by atoms with Crippen molar-refractivity contribution in [3.63, 3.8) is 0 Å². The van der Waals surface area contributed by atoms with Crippen molar-refractivity contribution in [2.24, 2.45) is 4.99 Å². The summed E-state index contributed by atoms with van der Waals surface area (Å²) >= 11 is 0. The highest BCUT2D eigenvalue weighted by atomic mass is 127. The zero-order valence-corrected chi connectivity index (χ0v) is 18.5. The van der Waals surface area contributed by atoms with Crippen LogP contribution in [0.5, 0.6) is 0 Å². The largest absolute Gasteiger partial charge is 0.356 e. The van der Waals surface area contributed by atoms with Crippen molar-refractivity contribution in [2.75, 3.05) is 44.7 Å². The highest BCUT2D eigenvalue weighted by Gasteiger charge is 2.30. The molecule has 1 amide bonds. The van der Waals surface area contributed by atoms with Gasteiger partial charge in [-0.1, -0.05) is 18.2 Å². The van der Waals surface area contributed by atoms with Crippen molar-refractivity contribution in [1.82, 2.24) is 15.5 Å². The van der Waals surface area contributed by atoms with Gasteiger partial charge in [0, 0.05) is 32.2 Å². The first-order chi connectivity index (χ1) is 12.8. The van der Waals surface area contributed by atoms with Gasteiger partial charge in [-0.25, -0.2) is 0 Å². The van der Waals surface area contributed by atoms with Gasteiger partial charge in [0.25, 0.3) is 0 Å².